The topological polar surface area (TPSA) is 63.8 Å². The van der Waals surface area contributed by atoms with Crippen molar-refractivity contribution in [3.8, 4) is 11.4 Å². The van der Waals surface area contributed by atoms with Crippen molar-refractivity contribution in [1.82, 2.24) is 9.97 Å². The quantitative estimate of drug-likeness (QED) is 0.837. The summed E-state index contributed by atoms with van der Waals surface area (Å²) in [6.45, 7) is 0. The number of nitrogens with zero attached hydrogens (tertiary/aromatic N) is 2. The summed E-state index contributed by atoms with van der Waals surface area (Å²) in [5, 5.41) is 3.75. The SMILES string of the molecule is Nc1c(Cl)nc(-c2ccccc2)nc1NC1CCCCC1. The number of nitrogens with one attached hydrogen (secondary N) is 1. The molecule has 0 unspecified atom stereocenters. The molecule has 0 saturated heterocycles. The van der Waals surface area contributed by atoms with Crippen molar-refractivity contribution in [2.75, 3.05) is 11.1 Å². The molecule has 0 spiro atoms. The molecule has 3 N–H and O–H groups in total. The molecule has 0 aliphatic heterocycles. The molecular weight excluding hydrogens is 284 g/mol. The van der Waals surface area contributed by atoms with Crippen LogP contribution in [-0.2, 0) is 0 Å². The highest BCUT2D eigenvalue weighted by Gasteiger charge is 2.17. The zero-order valence-corrected chi connectivity index (χ0v) is 12.6. The van der Waals surface area contributed by atoms with Crippen molar-refractivity contribution >= 4 is 23.1 Å². The maximum absolute atomic E-state index is 6.17. The number of nitrogen functional groups attached to an aromatic ring is 1. The summed E-state index contributed by atoms with van der Waals surface area (Å²) in [5.41, 5.74) is 7.40. The highest BCUT2D eigenvalue weighted by Crippen LogP contribution is 2.30. The van der Waals surface area contributed by atoms with Crippen LogP contribution < -0.4 is 11.1 Å². The van der Waals surface area contributed by atoms with Crippen LogP contribution in [-0.4, -0.2) is 16.0 Å². The first-order valence-corrected chi connectivity index (χ1v) is 7.77. The Hall–Kier alpha value is -1.81. The molecule has 1 aromatic heterocycles. The van der Waals surface area contributed by atoms with Crippen molar-refractivity contribution in [3.63, 3.8) is 0 Å². The van der Waals surface area contributed by atoms with Gasteiger partial charge in [-0.3, -0.25) is 0 Å². The molecule has 110 valence electrons. The average molecular weight is 303 g/mol. The molecular formula is C16H19ClN4. The molecule has 4 nitrogen and oxygen atoms in total. The first kappa shape index (κ1) is 14.1. The van der Waals surface area contributed by atoms with Gasteiger partial charge < -0.3 is 11.1 Å². The van der Waals surface area contributed by atoms with Crippen LogP contribution in [0.4, 0.5) is 11.5 Å². The van der Waals surface area contributed by atoms with E-state index in [1.807, 2.05) is 30.3 Å². The highest BCUT2D eigenvalue weighted by atomic mass is 35.5. The third kappa shape index (κ3) is 3.27. The lowest BCUT2D eigenvalue weighted by Gasteiger charge is -2.24. The Morgan fingerprint density at radius 1 is 1.05 bits per heavy atom. The normalized spacial score (nSPS) is 15.9. The lowest BCUT2D eigenvalue weighted by molar-refractivity contribution is 0.462. The number of nitrogens with two attached hydrogens (primary N) is 1. The summed E-state index contributed by atoms with van der Waals surface area (Å²) in [6.07, 6.45) is 6.13. The minimum absolute atomic E-state index is 0.308. The maximum atomic E-state index is 6.17. The summed E-state index contributed by atoms with van der Waals surface area (Å²) in [7, 11) is 0. The number of hydrogen-bond donors (Lipinski definition) is 2. The summed E-state index contributed by atoms with van der Waals surface area (Å²) < 4.78 is 0. The fourth-order valence-corrected chi connectivity index (χ4v) is 2.88. The number of rotatable bonds is 3. The van der Waals surface area contributed by atoms with Gasteiger partial charge in [-0.2, -0.15) is 0 Å². The van der Waals surface area contributed by atoms with Gasteiger partial charge in [0.05, 0.1) is 0 Å². The second-order valence-corrected chi connectivity index (χ2v) is 5.80. The van der Waals surface area contributed by atoms with E-state index in [0.717, 1.165) is 18.4 Å². The van der Waals surface area contributed by atoms with Crippen LogP contribution in [0.15, 0.2) is 30.3 Å². The van der Waals surface area contributed by atoms with Crippen LogP contribution in [0.3, 0.4) is 0 Å². The number of anilines is 2. The van der Waals surface area contributed by atoms with Gasteiger partial charge in [-0.15, -0.1) is 0 Å². The van der Waals surface area contributed by atoms with Gasteiger partial charge in [0.2, 0.25) is 0 Å². The molecule has 0 amide bonds. The number of aromatic nitrogens is 2. The molecule has 1 heterocycles. The maximum Gasteiger partial charge on any atom is 0.163 e. The lowest BCUT2D eigenvalue weighted by atomic mass is 9.95. The van der Waals surface area contributed by atoms with Crippen molar-refractivity contribution in [1.29, 1.82) is 0 Å². The molecule has 0 atom stereocenters. The van der Waals surface area contributed by atoms with E-state index in [2.05, 4.69) is 15.3 Å². The van der Waals surface area contributed by atoms with E-state index in [-0.39, 0.29) is 0 Å². The predicted molar refractivity (Wildman–Crippen MR) is 87.4 cm³/mol. The summed E-state index contributed by atoms with van der Waals surface area (Å²) in [4.78, 5) is 8.85. The van der Waals surface area contributed by atoms with Gasteiger partial charge in [-0.25, -0.2) is 9.97 Å². The molecule has 1 aliphatic carbocycles. The van der Waals surface area contributed by atoms with Crippen LogP contribution in [0.2, 0.25) is 5.15 Å². The molecule has 1 aliphatic rings. The van der Waals surface area contributed by atoms with Crippen LogP contribution in [0, 0.1) is 0 Å². The summed E-state index contributed by atoms with van der Waals surface area (Å²) >= 11 is 6.17. The zero-order chi connectivity index (χ0) is 14.7. The van der Waals surface area contributed by atoms with Crippen LogP contribution in [0.5, 0.6) is 0 Å². The van der Waals surface area contributed by atoms with Crippen molar-refractivity contribution in [3.05, 3.63) is 35.5 Å². The first-order valence-electron chi connectivity index (χ1n) is 7.39. The Morgan fingerprint density at radius 2 is 1.76 bits per heavy atom. The van der Waals surface area contributed by atoms with Crippen molar-refractivity contribution in [2.24, 2.45) is 0 Å². The Kier molecular flexibility index (Phi) is 4.25. The third-order valence-electron chi connectivity index (χ3n) is 3.88. The van der Waals surface area contributed by atoms with Crippen LogP contribution >= 0.6 is 11.6 Å². The second kappa shape index (κ2) is 6.31. The van der Waals surface area contributed by atoms with E-state index in [4.69, 9.17) is 17.3 Å². The van der Waals surface area contributed by atoms with Gasteiger partial charge in [0.25, 0.3) is 0 Å². The Morgan fingerprint density at radius 3 is 2.48 bits per heavy atom. The monoisotopic (exact) mass is 302 g/mol. The van der Waals surface area contributed by atoms with Crippen LogP contribution in [0.1, 0.15) is 32.1 Å². The summed E-state index contributed by atoms with van der Waals surface area (Å²) in [6, 6.07) is 10.2. The number of hydrogen-bond acceptors (Lipinski definition) is 4. The van der Waals surface area contributed by atoms with Gasteiger partial charge in [-0.05, 0) is 12.8 Å². The lowest BCUT2D eigenvalue weighted by Crippen LogP contribution is -2.23. The Bertz CT molecular complexity index is 609. The minimum Gasteiger partial charge on any atom is -0.393 e. The molecule has 5 heteroatoms. The van der Waals surface area contributed by atoms with E-state index >= 15 is 0 Å². The fourth-order valence-electron chi connectivity index (χ4n) is 2.71. The van der Waals surface area contributed by atoms with E-state index < -0.39 is 0 Å². The molecule has 1 saturated carbocycles. The van der Waals surface area contributed by atoms with E-state index in [1.165, 1.54) is 19.3 Å². The van der Waals surface area contributed by atoms with E-state index in [1.54, 1.807) is 0 Å². The van der Waals surface area contributed by atoms with E-state index in [9.17, 15) is 0 Å². The van der Waals surface area contributed by atoms with Gasteiger partial charge in [0.1, 0.15) is 5.69 Å². The number of halogens is 1. The standard InChI is InChI=1S/C16H19ClN4/c17-14-13(18)16(19-12-9-5-2-6-10-12)21-15(20-14)11-7-3-1-4-8-11/h1,3-4,7-8,12H,2,5-6,9-10,18H2,(H,19,20,21). The molecule has 0 bridgehead atoms. The number of benzene rings is 1. The minimum atomic E-state index is 0.308. The van der Waals surface area contributed by atoms with Gasteiger partial charge in [0.15, 0.2) is 16.8 Å². The largest absolute Gasteiger partial charge is 0.393 e. The molecule has 21 heavy (non-hydrogen) atoms. The predicted octanol–water partition coefficient (Wildman–Crippen LogP) is 4.12. The molecule has 1 fully saturated rings. The molecule has 3 rings (SSSR count). The third-order valence-corrected chi connectivity index (χ3v) is 4.17. The van der Waals surface area contributed by atoms with Gasteiger partial charge in [-0.1, -0.05) is 61.2 Å². The molecule has 2 aromatic rings. The summed E-state index contributed by atoms with van der Waals surface area (Å²) in [5.74, 6) is 1.26. The van der Waals surface area contributed by atoms with E-state index in [0.29, 0.717) is 28.5 Å². The first-order chi connectivity index (χ1) is 10.2. The smallest absolute Gasteiger partial charge is 0.163 e. The van der Waals surface area contributed by atoms with Gasteiger partial charge in [0, 0.05) is 11.6 Å². The van der Waals surface area contributed by atoms with Crippen molar-refractivity contribution in [2.45, 2.75) is 38.1 Å². The average Bonchev–Trinajstić information content (AvgIpc) is 2.53. The highest BCUT2D eigenvalue weighted by molar-refractivity contribution is 6.32. The molecule has 1 aromatic carbocycles. The zero-order valence-electron chi connectivity index (χ0n) is 11.8. The van der Waals surface area contributed by atoms with Crippen molar-refractivity contribution < 1.29 is 0 Å². The second-order valence-electron chi connectivity index (χ2n) is 5.45. The van der Waals surface area contributed by atoms with Crippen LogP contribution in [0.25, 0.3) is 11.4 Å². The fraction of sp³-hybridized carbons (Fsp3) is 0.375. The Labute approximate surface area is 129 Å². The van der Waals surface area contributed by atoms with Gasteiger partial charge >= 0.3 is 0 Å². The Balaban J connectivity index is 1.90. The molecule has 0 radical (unpaired) electrons.